The average Bonchev–Trinajstić information content (AvgIpc) is 2.58. The van der Waals surface area contributed by atoms with Gasteiger partial charge in [-0.15, -0.1) is 0 Å². The normalized spacial score (nSPS) is 11.5. The molecule has 0 saturated carbocycles. The summed E-state index contributed by atoms with van der Waals surface area (Å²) in [6.07, 6.45) is 0.201. The molecule has 0 radical (unpaired) electrons. The second-order valence-electron chi connectivity index (χ2n) is 6.73. The summed E-state index contributed by atoms with van der Waals surface area (Å²) in [5, 5.41) is 18.2. The van der Waals surface area contributed by atoms with E-state index in [0.29, 0.717) is 11.7 Å². The zero-order chi connectivity index (χ0) is 20.5. The number of nitrogens with zero attached hydrogens (tertiary/aromatic N) is 4. The van der Waals surface area contributed by atoms with E-state index < -0.39 is 0 Å². The maximum Gasteiger partial charge on any atom is 0.135 e. The Morgan fingerprint density at radius 3 is 1.29 bits per heavy atom. The Morgan fingerprint density at radius 1 is 0.679 bits per heavy atom. The molecule has 0 spiro atoms. The second-order valence-corrected chi connectivity index (χ2v) is 6.73. The summed E-state index contributed by atoms with van der Waals surface area (Å²) < 4.78 is 0. The van der Waals surface area contributed by atoms with Gasteiger partial charge in [-0.1, -0.05) is 12.1 Å². The average molecular weight is 372 g/mol. The number of benzene rings is 2. The zero-order valence-electron chi connectivity index (χ0n) is 16.7. The maximum atomic E-state index is 9.11. The summed E-state index contributed by atoms with van der Waals surface area (Å²) in [5.74, 6) is 0.914. The van der Waals surface area contributed by atoms with Crippen molar-refractivity contribution in [1.82, 2.24) is 10.9 Å². The van der Waals surface area contributed by atoms with Gasteiger partial charge in [0.15, 0.2) is 0 Å². The first kappa shape index (κ1) is 20.7. The van der Waals surface area contributed by atoms with Crippen LogP contribution >= 0.6 is 0 Å². The van der Waals surface area contributed by atoms with E-state index >= 15 is 0 Å². The van der Waals surface area contributed by atoms with Crippen LogP contribution in [0.4, 0.5) is 11.4 Å². The summed E-state index contributed by atoms with van der Waals surface area (Å²) in [6, 6.07) is 16.1. The van der Waals surface area contributed by atoms with Crippen LogP contribution in [0.5, 0.6) is 0 Å². The molecule has 0 aliphatic heterocycles. The molecular formula is C22H24N6. The van der Waals surface area contributed by atoms with Crippen LogP contribution in [0.3, 0.4) is 0 Å². The molecular weight excluding hydrogens is 348 g/mol. The highest BCUT2D eigenvalue weighted by Crippen LogP contribution is 2.18. The van der Waals surface area contributed by atoms with E-state index in [1.54, 1.807) is 0 Å². The van der Waals surface area contributed by atoms with Crippen LogP contribution in [0.2, 0.25) is 0 Å². The van der Waals surface area contributed by atoms with Gasteiger partial charge in [-0.3, -0.25) is 10.9 Å². The van der Waals surface area contributed by atoms with Crippen LogP contribution < -0.4 is 10.9 Å². The number of hydrogen-bond acceptors (Lipinski definition) is 4. The third kappa shape index (κ3) is 6.59. The molecule has 142 valence electrons. The van der Waals surface area contributed by atoms with Crippen LogP contribution in [-0.2, 0) is 0 Å². The Hall–Kier alpha value is -3.64. The van der Waals surface area contributed by atoms with Gasteiger partial charge in [0.25, 0.3) is 0 Å². The van der Waals surface area contributed by atoms with Gasteiger partial charge in [0.05, 0.1) is 36.4 Å². The monoisotopic (exact) mass is 372 g/mol. The van der Waals surface area contributed by atoms with Crippen molar-refractivity contribution >= 4 is 23.0 Å². The minimum absolute atomic E-state index is 0.101. The van der Waals surface area contributed by atoms with Crippen LogP contribution in [0.25, 0.3) is 0 Å². The van der Waals surface area contributed by atoms with Gasteiger partial charge < -0.3 is 0 Å². The number of nitrogens with one attached hydrogen (secondary N) is 2. The zero-order valence-corrected chi connectivity index (χ0v) is 16.7. The molecule has 0 aliphatic rings. The van der Waals surface area contributed by atoms with Crippen molar-refractivity contribution < 1.29 is 0 Å². The standard InChI is InChI=1S/C22H24N6/c1-15-9-16(2)12-19(11-15)25-21(5-7-23)27-28-22(6-8-24)26-20-13-17(3)10-18(4)14-20/h9-14H,5-6H2,1-4H3,(H,25,27)(H,26,28). The summed E-state index contributed by atoms with van der Waals surface area (Å²) in [4.78, 5) is 9.04. The SMILES string of the molecule is Cc1cc(C)cc(N=C(CC#N)NNC(CC#N)=Nc2cc(C)cc(C)c2)c1. The van der Waals surface area contributed by atoms with Crippen molar-refractivity contribution in [3.05, 3.63) is 58.7 Å². The molecule has 0 unspecified atom stereocenters. The van der Waals surface area contributed by atoms with Gasteiger partial charge in [-0.25, -0.2) is 9.98 Å². The van der Waals surface area contributed by atoms with Gasteiger partial charge in [-0.05, 0) is 74.2 Å². The van der Waals surface area contributed by atoms with Crippen molar-refractivity contribution in [2.75, 3.05) is 0 Å². The Balaban J connectivity index is 2.23. The first-order valence-corrected chi connectivity index (χ1v) is 8.97. The smallest absolute Gasteiger partial charge is 0.135 e. The van der Waals surface area contributed by atoms with Crippen LogP contribution in [-0.4, -0.2) is 11.7 Å². The minimum atomic E-state index is 0.101. The van der Waals surface area contributed by atoms with Gasteiger partial charge in [0, 0.05) is 0 Å². The van der Waals surface area contributed by atoms with Gasteiger partial charge in [0.1, 0.15) is 11.7 Å². The van der Waals surface area contributed by atoms with Crippen molar-refractivity contribution in [2.24, 2.45) is 9.98 Å². The van der Waals surface area contributed by atoms with Crippen molar-refractivity contribution in [1.29, 1.82) is 10.5 Å². The third-order valence-electron chi connectivity index (χ3n) is 3.79. The van der Waals surface area contributed by atoms with E-state index in [0.717, 1.165) is 33.6 Å². The number of aryl methyl sites for hydroxylation is 4. The van der Waals surface area contributed by atoms with Crippen LogP contribution in [0.1, 0.15) is 35.1 Å². The fourth-order valence-corrected chi connectivity index (χ4v) is 2.86. The highest BCUT2D eigenvalue weighted by molar-refractivity contribution is 5.91. The van der Waals surface area contributed by atoms with Crippen LogP contribution in [0.15, 0.2) is 46.4 Å². The summed E-state index contributed by atoms with van der Waals surface area (Å²) >= 11 is 0. The van der Waals surface area contributed by atoms with E-state index in [2.05, 4.69) is 45.1 Å². The molecule has 2 rings (SSSR count). The van der Waals surface area contributed by atoms with E-state index in [-0.39, 0.29) is 12.8 Å². The molecule has 2 N–H and O–H groups in total. The van der Waals surface area contributed by atoms with E-state index in [9.17, 15) is 0 Å². The lowest BCUT2D eigenvalue weighted by molar-refractivity contribution is 0.838. The lowest BCUT2D eigenvalue weighted by Gasteiger charge is -2.12. The second kappa shape index (κ2) is 9.89. The molecule has 6 heteroatoms. The lowest BCUT2D eigenvalue weighted by atomic mass is 10.1. The number of hydrogen-bond donors (Lipinski definition) is 2. The molecule has 0 aromatic heterocycles. The van der Waals surface area contributed by atoms with E-state index in [4.69, 9.17) is 10.5 Å². The quantitative estimate of drug-likeness (QED) is 0.465. The summed E-state index contributed by atoms with van der Waals surface area (Å²) in [7, 11) is 0. The van der Waals surface area contributed by atoms with Gasteiger partial charge in [0.2, 0.25) is 0 Å². The molecule has 0 amide bonds. The highest BCUT2D eigenvalue weighted by atomic mass is 15.4. The third-order valence-corrected chi connectivity index (χ3v) is 3.79. The van der Waals surface area contributed by atoms with Crippen molar-refractivity contribution in [2.45, 2.75) is 40.5 Å². The molecule has 0 saturated heterocycles. The number of aliphatic imine (C=N–C) groups is 2. The van der Waals surface area contributed by atoms with Gasteiger partial charge in [-0.2, -0.15) is 10.5 Å². The molecule has 6 nitrogen and oxygen atoms in total. The molecule has 2 aromatic rings. The first-order chi connectivity index (χ1) is 13.4. The minimum Gasteiger partial charge on any atom is -0.286 e. The first-order valence-electron chi connectivity index (χ1n) is 8.97. The summed E-state index contributed by atoms with van der Waals surface area (Å²) in [5.41, 5.74) is 11.8. The number of hydrazine groups is 1. The van der Waals surface area contributed by atoms with E-state index in [1.165, 1.54) is 0 Å². The molecule has 0 fully saturated rings. The number of nitriles is 2. The lowest BCUT2D eigenvalue weighted by Crippen LogP contribution is -2.41. The number of amidine groups is 2. The molecule has 28 heavy (non-hydrogen) atoms. The fraction of sp³-hybridized carbons (Fsp3) is 0.273. The van der Waals surface area contributed by atoms with Gasteiger partial charge >= 0.3 is 0 Å². The Morgan fingerprint density at radius 2 is 1.00 bits per heavy atom. The Kier molecular flexibility index (Phi) is 7.30. The molecule has 2 aromatic carbocycles. The molecule has 0 aliphatic carbocycles. The van der Waals surface area contributed by atoms with Crippen molar-refractivity contribution in [3.8, 4) is 12.1 Å². The van der Waals surface area contributed by atoms with Crippen molar-refractivity contribution in [3.63, 3.8) is 0 Å². The predicted octanol–water partition coefficient (Wildman–Crippen LogP) is 4.60. The highest BCUT2D eigenvalue weighted by Gasteiger charge is 2.04. The maximum absolute atomic E-state index is 9.11. The largest absolute Gasteiger partial charge is 0.286 e. The predicted molar refractivity (Wildman–Crippen MR) is 113 cm³/mol. The topological polar surface area (TPSA) is 96.4 Å². The molecule has 0 heterocycles. The molecule has 0 atom stereocenters. The Bertz CT molecular complexity index is 867. The molecule has 0 bridgehead atoms. The summed E-state index contributed by atoms with van der Waals surface area (Å²) in [6.45, 7) is 8.01. The fourth-order valence-electron chi connectivity index (χ4n) is 2.86. The Labute approximate surface area is 166 Å². The number of rotatable bonds is 4. The van der Waals surface area contributed by atoms with E-state index in [1.807, 2.05) is 52.0 Å². The van der Waals surface area contributed by atoms with Crippen LogP contribution in [0, 0.1) is 50.4 Å².